The van der Waals surface area contributed by atoms with Crippen LogP contribution in [0.3, 0.4) is 0 Å². The molecule has 0 aliphatic carbocycles. The van der Waals surface area contributed by atoms with Crippen molar-refractivity contribution >= 4 is 29.1 Å². The van der Waals surface area contributed by atoms with Crippen LogP contribution in [0.25, 0.3) is 0 Å². The Labute approximate surface area is 167 Å². The number of unbranched alkanes of at least 4 members (excludes halogenated alkanes) is 4. The Morgan fingerprint density at radius 2 is 1.78 bits per heavy atom. The van der Waals surface area contributed by atoms with E-state index in [1.165, 1.54) is 19.3 Å². The van der Waals surface area contributed by atoms with Crippen LogP contribution in [-0.2, 0) is 9.59 Å². The second-order valence-electron chi connectivity index (χ2n) is 8.01. The first-order valence-corrected chi connectivity index (χ1v) is 10.8. The number of hydrogen-bond donors (Lipinski definition) is 0. The maximum absolute atomic E-state index is 13.1. The van der Waals surface area contributed by atoms with Crippen LogP contribution in [-0.4, -0.2) is 36.3 Å². The summed E-state index contributed by atoms with van der Waals surface area (Å²) in [5.74, 6) is 0.468. The van der Waals surface area contributed by atoms with Crippen molar-refractivity contribution in [2.75, 3.05) is 24.5 Å². The van der Waals surface area contributed by atoms with E-state index in [9.17, 15) is 9.59 Å². The van der Waals surface area contributed by atoms with Crippen LogP contribution in [0.2, 0.25) is 5.02 Å². The zero-order chi connectivity index (χ0) is 19.3. The molecule has 4 nitrogen and oxygen atoms in total. The molecule has 3 rings (SSSR count). The van der Waals surface area contributed by atoms with E-state index in [1.54, 1.807) is 0 Å². The van der Waals surface area contributed by atoms with Gasteiger partial charge in [0.15, 0.2) is 0 Å². The van der Waals surface area contributed by atoms with Gasteiger partial charge in [-0.05, 0) is 43.9 Å². The van der Waals surface area contributed by atoms with E-state index in [4.69, 9.17) is 11.6 Å². The molecule has 0 N–H and O–H groups in total. The maximum atomic E-state index is 13.1. The smallest absolute Gasteiger partial charge is 0.233 e. The number of piperidine rings is 1. The Morgan fingerprint density at radius 3 is 2.48 bits per heavy atom. The summed E-state index contributed by atoms with van der Waals surface area (Å²) in [5.41, 5.74) is 0.593. The summed E-state index contributed by atoms with van der Waals surface area (Å²) in [4.78, 5) is 29.4. The van der Waals surface area contributed by atoms with E-state index in [1.807, 2.05) is 34.1 Å². The van der Waals surface area contributed by atoms with Crippen molar-refractivity contribution in [3.8, 4) is 0 Å². The van der Waals surface area contributed by atoms with Crippen molar-refractivity contribution in [3.05, 3.63) is 29.3 Å². The van der Waals surface area contributed by atoms with E-state index < -0.39 is 0 Å². The maximum Gasteiger partial charge on any atom is 0.233 e. The molecular formula is C22H31ClN2O2. The lowest BCUT2D eigenvalue weighted by molar-refractivity contribution is -0.137. The van der Waals surface area contributed by atoms with Gasteiger partial charge in [-0.15, -0.1) is 0 Å². The van der Waals surface area contributed by atoms with Gasteiger partial charge in [-0.3, -0.25) is 9.59 Å². The highest BCUT2D eigenvalue weighted by molar-refractivity contribution is 6.31. The van der Waals surface area contributed by atoms with Crippen molar-refractivity contribution in [2.24, 2.45) is 5.41 Å². The van der Waals surface area contributed by atoms with Crippen LogP contribution in [0.4, 0.5) is 5.69 Å². The Balaban J connectivity index is 1.51. The molecule has 2 aliphatic heterocycles. The van der Waals surface area contributed by atoms with Crippen LogP contribution < -0.4 is 4.90 Å². The normalized spacial score (nSPS) is 19.1. The fraction of sp³-hybridized carbons (Fsp3) is 0.636. The lowest BCUT2D eigenvalue weighted by atomic mass is 9.77. The number of hydrogen-bond acceptors (Lipinski definition) is 2. The largest absolute Gasteiger partial charge is 0.343 e. The van der Waals surface area contributed by atoms with Crippen LogP contribution in [0, 0.1) is 5.41 Å². The molecule has 0 saturated carbocycles. The number of carbonyl (C=O) groups is 2. The fourth-order valence-corrected chi connectivity index (χ4v) is 4.58. The topological polar surface area (TPSA) is 40.6 Å². The van der Waals surface area contributed by atoms with E-state index in [0.29, 0.717) is 24.5 Å². The van der Waals surface area contributed by atoms with Crippen molar-refractivity contribution in [1.82, 2.24) is 4.90 Å². The minimum Gasteiger partial charge on any atom is -0.343 e. The standard InChI is InChI=1S/C22H31ClN2O2/c1-2-3-4-5-6-10-20(26)24-14-11-22(12-15-24)13-16-25(21(22)27)19-9-7-8-18(23)17-19/h7-9,17H,2-6,10-16H2,1H3. The van der Waals surface area contributed by atoms with Gasteiger partial charge in [0.05, 0.1) is 5.41 Å². The third-order valence-electron chi connectivity index (χ3n) is 6.20. The van der Waals surface area contributed by atoms with Crippen LogP contribution in [0.1, 0.15) is 64.7 Å². The van der Waals surface area contributed by atoms with Gasteiger partial charge in [-0.2, -0.15) is 0 Å². The predicted octanol–water partition coefficient (Wildman–Crippen LogP) is 5.05. The Bertz CT molecular complexity index is 668. The molecule has 148 valence electrons. The van der Waals surface area contributed by atoms with Gasteiger partial charge in [0, 0.05) is 36.8 Å². The SMILES string of the molecule is CCCCCCCC(=O)N1CCC2(CC1)CCN(c1cccc(Cl)c1)C2=O. The van der Waals surface area contributed by atoms with Crippen molar-refractivity contribution in [2.45, 2.75) is 64.7 Å². The zero-order valence-electron chi connectivity index (χ0n) is 16.4. The van der Waals surface area contributed by atoms with Crippen molar-refractivity contribution in [3.63, 3.8) is 0 Å². The molecule has 2 aliphatic rings. The van der Waals surface area contributed by atoms with Crippen molar-refractivity contribution < 1.29 is 9.59 Å². The van der Waals surface area contributed by atoms with E-state index in [-0.39, 0.29) is 17.2 Å². The molecule has 0 atom stereocenters. The third-order valence-corrected chi connectivity index (χ3v) is 6.44. The minimum absolute atomic E-state index is 0.205. The number of rotatable bonds is 7. The zero-order valence-corrected chi connectivity index (χ0v) is 17.1. The fourth-order valence-electron chi connectivity index (χ4n) is 4.40. The molecule has 2 amide bonds. The third kappa shape index (κ3) is 4.66. The first kappa shape index (κ1) is 20.2. The van der Waals surface area contributed by atoms with Crippen LogP contribution in [0.5, 0.6) is 0 Å². The van der Waals surface area contributed by atoms with Gasteiger partial charge in [0.25, 0.3) is 0 Å². The second kappa shape index (κ2) is 9.09. The van der Waals surface area contributed by atoms with Gasteiger partial charge < -0.3 is 9.80 Å². The average molecular weight is 391 g/mol. The number of carbonyl (C=O) groups excluding carboxylic acids is 2. The van der Waals surface area contributed by atoms with Gasteiger partial charge in [0.1, 0.15) is 0 Å². The first-order valence-electron chi connectivity index (χ1n) is 10.4. The minimum atomic E-state index is -0.291. The molecule has 1 spiro atoms. The Hall–Kier alpha value is -1.55. The molecule has 0 aromatic heterocycles. The lowest BCUT2D eigenvalue weighted by Gasteiger charge is -2.38. The Kier molecular flexibility index (Phi) is 6.80. The summed E-state index contributed by atoms with van der Waals surface area (Å²) in [6.45, 7) is 4.36. The molecule has 2 saturated heterocycles. The number of likely N-dealkylation sites (tertiary alicyclic amines) is 1. The van der Waals surface area contributed by atoms with Gasteiger partial charge in [0.2, 0.25) is 11.8 Å². The molecule has 2 fully saturated rings. The predicted molar refractivity (Wildman–Crippen MR) is 110 cm³/mol. The molecule has 0 radical (unpaired) electrons. The summed E-state index contributed by atoms with van der Waals surface area (Å²) in [6, 6.07) is 7.51. The highest BCUT2D eigenvalue weighted by atomic mass is 35.5. The number of nitrogens with zero attached hydrogens (tertiary/aromatic N) is 2. The number of anilines is 1. The number of halogens is 1. The summed E-state index contributed by atoms with van der Waals surface area (Å²) in [5, 5.41) is 0.653. The molecule has 0 bridgehead atoms. The first-order chi connectivity index (χ1) is 13.1. The summed E-state index contributed by atoms with van der Waals surface area (Å²) < 4.78 is 0. The molecule has 0 unspecified atom stereocenters. The lowest BCUT2D eigenvalue weighted by Crippen LogP contribution is -2.46. The highest BCUT2D eigenvalue weighted by Gasteiger charge is 2.48. The second-order valence-corrected chi connectivity index (χ2v) is 8.45. The Morgan fingerprint density at radius 1 is 1.07 bits per heavy atom. The quantitative estimate of drug-likeness (QED) is 0.611. The van der Waals surface area contributed by atoms with Crippen LogP contribution >= 0.6 is 11.6 Å². The van der Waals surface area contributed by atoms with Gasteiger partial charge >= 0.3 is 0 Å². The van der Waals surface area contributed by atoms with E-state index >= 15 is 0 Å². The summed E-state index contributed by atoms with van der Waals surface area (Å²) in [7, 11) is 0. The molecule has 5 heteroatoms. The molecule has 1 aromatic carbocycles. The average Bonchev–Trinajstić information content (AvgIpc) is 2.98. The monoisotopic (exact) mass is 390 g/mol. The summed E-state index contributed by atoms with van der Waals surface area (Å²) >= 11 is 6.09. The summed E-state index contributed by atoms with van der Waals surface area (Å²) in [6.07, 6.45) is 8.92. The number of benzene rings is 1. The van der Waals surface area contributed by atoms with E-state index in [2.05, 4.69) is 6.92 Å². The molecule has 2 heterocycles. The van der Waals surface area contributed by atoms with Gasteiger partial charge in [-0.1, -0.05) is 50.3 Å². The van der Waals surface area contributed by atoms with Crippen molar-refractivity contribution in [1.29, 1.82) is 0 Å². The van der Waals surface area contributed by atoms with Crippen LogP contribution in [0.15, 0.2) is 24.3 Å². The molecular weight excluding hydrogens is 360 g/mol. The van der Waals surface area contributed by atoms with E-state index in [0.717, 1.165) is 44.3 Å². The van der Waals surface area contributed by atoms with Gasteiger partial charge in [-0.25, -0.2) is 0 Å². The highest BCUT2D eigenvalue weighted by Crippen LogP contribution is 2.43. The molecule has 27 heavy (non-hydrogen) atoms. The number of amides is 2. The molecule has 1 aromatic rings.